The monoisotopic (exact) mass is 367 g/mol. The van der Waals surface area contributed by atoms with E-state index in [4.69, 9.17) is 0 Å². The fourth-order valence-corrected chi connectivity index (χ4v) is 2.36. The van der Waals surface area contributed by atoms with Crippen LogP contribution in [-0.2, 0) is 5.60 Å². The van der Waals surface area contributed by atoms with Crippen molar-refractivity contribution in [3.8, 4) is 0 Å². The highest BCUT2D eigenvalue weighted by Crippen LogP contribution is 2.21. The zero-order valence-electron chi connectivity index (χ0n) is 9.77. The average molecular weight is 367 g/mol. The Bertz CT molecular complexity index is 365. The van der Waals surface area contributed by atoms with E-state index in [-0.39, 0.29) is 24.0 Å². The summed E-state index contributed by atoms with van der Waals surface area (Å²) >= 11 is 1.59. The number of nitrogens with one attached hydrogen (secondary N) is 2. The summed E-state index contributed by atoms with van der Waals surface area (Å²) in [6.45, 7) is 4.09. The van der Waals surface area contributed by atoms with Crippen molar-refractivity contribution in [3.63, 3.8) is 0 Å². The fraction of sp³-hybridized carbons (Fsp3) is 0.545. The van der Waals surface area contributed by atoms with E-state index in [0.29, 0.717) is 6.54 Å². The van der Waals surface area contributed by atoms with Crippen LogP contribution in [0.15, 0.2) is 21.8 Å². The molecule has 0 aromatic carbocycles. The molecule has 0 fully saturated rings. The molecule has 0 radical (unpaired) electrons. The van der Waals surface area contributed by atoms with Gasteiger partial charge >= 0.3 is 0 Å². The van der Waals surface area contributed by atoms with Crippen molar-refractivity contribution >= 4 is 41.3 Å². The molecule has 1 aromatic rings. The SMILES string of the molecule is CC(O)(CNC1=NCCCN1)c1ccsc1.I. The lowest BCUT2D eigenvalue weighted by atomic mass is 9.99. The minimum Gasteiger partial charge on any atom is -0.384 e. The second-order valence-corrected chi connectivity index (χ2v) is 4.93. The quantitative estimate of drug-likeness (QED) is 0.710. The molecular weight excluding hydrogens is 349 g/mol. The number of halogens is 1. The van der Waals surface area contributed by atoms with Crippen LogP contribution in [0.1, 0.15) is 18.9 Å². The number of aliphatic hydroxyl groups is 1. The summed E-state index contributed by atoms with van der Waals surface area (Å²) in [6.07, 6.45) is 1.08. The van der Waals surface area contributed by atoms with E-state index in [0.717, 1.165) is 31.0 Å². The van der Waals surface area contributed by atoms with Crippen LogP contribution in [0.25, 0.3) is 0 Å². The van der Waals surface area contributed by atoms with Gasteiger partial charge in [0.15, 0.2) is 5.96 Å². The number of rotatable bonds is 3. The van der Waals surface area contributed by atoms with Gasteiger partial charge in [0.2, 0.25) is 0 Å². The second-order valence-electron chi connectivity index (χ2n) is 4.15. The van der Waals surface area contributed by atoms with Gasteiger partial charge in [-0.3, -0.25) is 4.99 Å². The number of aliphatic imine (C=N–C) groups is 1. The van der Waals surface area contributed by atoms with Crippen LogP contribution in [0.3, 0.4) is 0 Å². The molecule has 0 saturated carbocycles. The fourth-order valence-electron chi connectivity index (χ4n) is 1.58. The lowest BCUT2D eigenvalue weighted by molar-refractivity contribution is 0.0621. The summed E-state index contributed by atoms with van der Waals surface area (Å²) in [5, 5.41) is 20.5. The Labute approximate surface area is 123 Å². The zero-order chi connectivity index (χ0) is 11.4. The summed E-state index contributed by atoms with van der Waals surface area (Å²) in [6, 6.07) is 1.95. The predicted molar refractivity (Wildman–Crippen MR) is 82.2 cm³/mol. The van der Waals surface area contributed by atoms with E-state index < -0.39 is 5.60 Å². The molecule has 1 aliphatic heterocycles. The second kappa shape index (κ2) is 6.55. The molecule has 1 unspecified atom stereocenters. The van der Waals surface area contributed by atoms with Gasteiger partial charge in [-0.1, -0.05) is 0 Å². The van der Waals surface area contributed by atoms with Crippen molar-refractivity contribution in [2.24, 2.45) is 4.99 Å². The normalized spacial score (nSPS) is 18.4. The van der Waals surface area contributed by atoms with Crippen molar-refractivity contribution in [2.75, 3.05) is 19.6 Å². The van der Waals surface area contributed by atoms with Crippen LogP contribution < -0.4 is 10.6 Å². The molecule has 2 heterocycles. The van der Waals surface area contributed by atoms with Gasteiger partial charge in [0.05, 0.1) is 6.54 Å². The lowest BCUT2D eigenvalue weighted by Gasteiger charge is -2.25. The van der Waals surface area contributed by atoms with E-state index in [1.807, 2.05) is 23.8 Å². The molecule has 96 valence electrons. The van der Waals surface area contributed by atoms with Crippen LogP contribution in [0.2, 0.25) is 0 Å². The summed E-state index contributed by atoms with van der Waals surface area (Å²) < 4.78 is 0. The Morgan fingerprint density at radius 3 is 3.06 bits per heavy atom. The average Bonchev–Trinajstić information content (AvgIpc) is 2.82. The largest absolute Gasteiger partial charge is 0.384 e. The predicted octanol–water partition coefficient (Wildman–Crippen LogP) is 1.51. The van der Waals surface area contributed by atoms with Crippen LogP contribution in [0, 0.1) is 0 Å². The van der Waals surface area contributed by atoms with Crippen LogP contribution >= 0.6 is 35.3 Å². The first-order valence-corrected chi connectivity index (χ1v) is 6.40. The number of hydrogen-bond acceptors (Lipinski definition) is 5. The van der Waals surface area contributed by atoms with Crippen molar-refractivity contribution in [2.45, 2.75) is 18.9 Å². The van der Waals surface area contributed by atoms with Gasteiger partial charge in [-0.05, 0) is 35.7 Å². The van der Waals surface area contributed by atoms with Gasteiger partial charge in [0.1, 0.15) is 5.60 Å². The smallest absolute Gasteiger partial charge is 0.191 e. The summed E-state index contributed by atoms with van der Waals surface area (Å²) in [4.78, 5) is 4.30. The molecule has 0 aliphatic carbocycles. The molecule has 2 rings (SSSR count). The first-order valence-electron chi connectivity index (χ1n) is 5.46. The molecule has 6 heteroatoms. The summed E-state index contributed by atoms with van der Waals surface area (Å²) in [7, 11) is 0. The third kappa shape index (κ3) is 4.11. The molecule has 1 aliphatic rings. The molecule has 0 amide bonds. The third-order valence-electron chi connectivity index (χ3n) is 2.64. The minimum atomic E-state index is -0.846. The highest BCUT2D eigenvalue weighted by Gasteiger charge is 2.23. The highest BCUT2D eigenvalue weighted by atomic mass is 127. The van der Waals surface area contributed by atoms with Gasteiger partial charge in [0.25, 0.3) is 0 Å². The van der Waals surface area contributed by atoms with Gasteiger partial charge in [-0.2, -0.15) is 11.3 Å². The first kappa shape index (κ1) is 14.7. The Morgan fingerprint density at radius 2 is 2.47 bits per heavy atom. The number of hydrogen-bond donors (Lipinski definition) is 3. The molecule has 0 saturated heterocycles. The maximum Gasteiger partial charge on any atom is 0.191 e. The molecule has 17 heavy (non-hydrogen) atoms. The minimum absolute atomic E-state index is 0. The zero-order valence-corrected chi connectivity index (χ0v) is 12.9. The topological polar surface area (TPSA) is 56.6 Å². The summed E-state index contributed by atoms with van der Waals surface area (Å²) in [5.74, 6) is 0.793. The van der Waals surface area contributed by atoms with E-state index in [9.17, 15) is 5.11 Å². The molecule has 1 aromatic heterocycles. The van der Waals surface area contributed by atoms with Crippen LogP contribution in [-0.4, -0.2) is 30.7 Å². The number of thiophene rings is 1. The highest BCUT2D eigenvalue weighted by molar-refractivity contribution is 14.0. The lowest BCUT2D eigenvalue weighted by Crippen LogP contribution is -2.46. The Kier molecular flexibility index (Phi) is 5.68. The summed E-state index contributed by atoms with van der Waals surface area (Å²) in [5.41, 5.74) is 0.100. The molecule has 4 nitrogen and oxygen atoms in total. The van der Waals surface area contributed by atoms with Crippen molar-refractivity contribution in [3.05, 3.63) is 22.4 Å². The Hall–Kier alpha value is -0.340. The van der Waals surface area contributed by atoms with Gasteiger partial charge in [-0.15, -0.1) is 24.0 Å². The molecule has 0 spiro atoms. The Balaban J connectivity index is 0.00000144. The van der Waals surface area contributed by atoms with Gasteiger partial charge in [0, 0.05) is 13.1 Å². The van der Waals surface area contributed by atoms with E-state index in [2.05, 4.69) is 15.6 Å². The first-order chi connectivity index (χ1) is 7.68. The van der Waals surface area contributed by atoms with E-state index in [1.54, 1.807) is 11.3 Å². The molecule has 3 N–H and O–H groups in total. The van der Waals surface area contributed by atoms with Crippen molar-refractivity contribution in [1.82, 2.24) is 10.6 Å². The van der Waals surface area contributed by atoms with E-state index in [1.165, 1.54) is 0 Å². The molecule has 1 atom stereocenters. The maximum absolute atomic E-state index is 10.3. The van der Waals surface area contributed by atoms with Crippen molar-refractivity contribution < 1.29 is 5.11 Å². The Morgan fingerprint density at radius 1 is 1.65 bits per heavy atom. The number of guanidine groups is 1. The molecular formula is C11H18IN3OS. The van der Waals surface area contributed by atoms with Crippen molar-refractivity contribution in [1.29, 1.82) is 0 Å². The van der Waals surface area contributed by atoms with Gasteiger partial charge < -0.3 is 15.7 Å². The third-order valence-corrected chi connectivity index (χ3v) is 3.32. The number of nitrogens with zero attached hydrogens (tertiary/aromatic N) is 1. The molecule has 0 bridgehead atoms. The van der Waals surface area contributed by atoms with Crippen LogP contribution in [0.5, 0.6) is 0 Å². The van der Waals surface area contributed by atoms with E-state index >= 15 is 0 Å². The maximum atomic E-state index is 10.3. The standard InChI is InChI=1S/C11H17N3OS.HI/c1-11(15,9-3-6-16-7-9)8-14-10-12-4-2-5-13-10;/h3,6-7,15H,2,4-5,8H2,1H3,(H2,12,13,14);1H. The van der Waals surface area contributed by atoms with Crippen LogP contribution in [0.4, 0.5) is 0 Å². The van der Waals surface area contributed by atoms with Gasteiger partial charge in [-0.25, -0.2) is 0 Å².